The second-order valence-corrected chi connectivity index (χ2v) is 9.23. The third-order valence-corrected chi connectivity index (χ3v) is 6.65. The van der Waals surface area contributed by atoms with Crippen molar-refractivity contribution in [1.82, 2.24) is 0 Å². The highest BCUT2D eigenvalue weighted by Crippen LogP contribution is 2.45. The van der Waals surface area contributed by atoms with Crippen LogP contribution in [0.4, 0.5) is 4.39 Å². The molecule has 0 saturated carbocycles. The number of ether oxygens (including phenoxy) is 4. The lowest BCUT2D eigenvalue weighted by atomic mass is 9.83. The minimum Gasteiger partial charge on any atom is -0.493 e. The van der Waals surface area contributed by atoms with Gasteiger partial charge in [0.05, 0.1) is 23.6 Å². The number of hydrogen-bond donors (Lipinski definition) is 1. The van der Waals surface area contributed by atoms with Gasteiger partial charge in [0.2, 0.25) is 5.88 Å². The summed E-state index contributed by atoms with van der Waals surface area (Å²) >= 11 is 6.12. The van der Waals surface area contributed by atoms with Crippen LogP contribution in [-0.2, 0) is 6.61 Å². The number of nitrogens with zero attached hydrogens (tertiary/aromatic N) is 1. The normalized spacial score (nSPS) is 14.0. The average molecular weight is 557 g/mol. The molecule has 0 aromatic heterocycles. The molecule has 0 fully saturated rings. The van der Waals surface area contributed by atoms with Gasteiger partial charge >= 0.3 is 5.97 Å². The average Bonchev–Trinajstić information content (AvgIpc) is 2.96. The number of carbonyl (C=O) groups is 1. The molecule has 0 amide bonds. The van der Waals surface area contributed by atoms with E-state index in [9.17, 15) is 14.4 Å². The van der Waals surface area contributed by atoms with Gasteiger partial charge in [-0.2, -0.15) is 5.26 Å². The SMILES string of the molecule is COc1cc(C2C(C#N)=C(N)Oc3cc(OC(=O)c4ccccc4Cl)ccc32)ccc1OCc1ccc(F)cc1. The molecule has 7 nitrogen and oxygen atoms in total. The van der Waals surface area contributed by atoms with Gasteiger partial charge in [-0.05, 0) is 53.6 Å². The Bertz CT molecular complexity index is 1660. The Labute approximate surface area is 234 Å². The monoisotopic (exact) mass is 556 g/mol. The molecular formula is C31H22ClFN2O5. The van der Waals surface area contributed by atoms with Crippen LogP contribution in [0.25, 0.3) is 0 Å². The molecule has 0 bridgehead atoms. The number of nitriles is 1. The number of methoxy groups -OCH3 is 1. The standard InChI is InChI=1S/C31H22ClFN2O5/c1-37-28-14-19(8-13-26(28)38-17-18-6-9-20(33)10-7-18)29-23-12-11-21(15-27(23)40-30(35)24(29)16-34)39-31(36)22-4-2-3-5-25(22)32/h2-15,29H,17,35H2,1H3. The third-order valence-electron chi connectivity index (χ3n) is 6.32. The first-order chi connectivity index (χ1) is 19.4. The zero-order valence-corrected chi connectivity index (χ0v) is 21.9. The van der Waals surface area contributed by atoms with E-state index in [2.05, 4.69) is 6.07 Å². The van der Waals surface area contributed by atoms with E-state index in [0.29, 0.717) is 28.4 Å². The number of rotatable bonds is 7. The summed E-state index contributed by atoms with van der Waals surface area (Å²) in [6, 6.07) is 24.9. The topological polar surface area (TPSA) is 104 Å². The summed E-state index contributed by atoms with van der Waals surface area (Å²) in [5, 5.41) is 10.2. The van der Waals surface area contributed by atoms with E-state index in [4.69, 9.17) is 36.3 Å². The predicted octanol–water partition coefficient (Wildman–Crippen LogP) is 6.50. The molecule has 200 valence electrons. The van der Waals surface area contributed by atoms with Crippen LogP contribution in [0, 0.1) is 17.1 Å². The molecule has 1 atom stereocenters. The summed E-state index contributed by atoms with van der Waals surface area (Å²) in [5.74, 6) is -0.130. The van der Waals surface area contributed by atoms with Crippen LogP contribution < -0.4 is 24.7 Å². The Hall–Kier alpha value is -5.00. The minimum atomic E-state index is -0.625. The number of carbonyl (C=O) groups excluding carboxylic acids is 1. The first-order valence-electron chi connectivity index (χ1n) is 12.1. The van der Waals surface area contributed by atoms with Crippen LogP contribution in [0.5, 0.6) is 23.0 Å². The van der Waals surface area contributed by atoms with Crippen molar-refractivity contribution in [3.05, 3.63) is 129 Å². The van der Waals surface area contributed by atoms with Crippen molar-refractivity contribution in [2.75, 3.05) is 7.11 Å². The summed E-state index contributed by atoms with van der Waals surface area (Å²) in [6.45, 7) is 0.210. The molecule has 1 aliphatic heterocycles. The van der Waals surface area contributed by atoms with Crippen molar-refractivity contribution in [2.45, 2.75) is 12.5 Å². The maximum atomic E-state index is 13.2. The summed E-state index contributed by atoms with van der Waals surface area (Å²) in [6.07, 6.45) is 0. The lowest BCUT2D eigenvalue weighted by Crippen LogP contribution is -2.21. The Morgan fingerprint density at radius 2 is 1.82 bits per heavy atom. The van der Waals surface area contributed by atoms with Crippen molar-refractivity contribution < 1.29 is 28.1 Å². The van der Waals surface area contributed by atoms with Crippen molar-refractivity contribution in [3.63, 3.8) is 0 Å². The van der Waals surface area contributed by atoms with E-state index in [1.165, 1.54) is 25.3 Å². The number of benzene rings is 4. The van der Waals surface area contributed by atoms with Gasteiger partial charge in [0.1, 0.15) is 35.6 Å². The summed E-state index contributed by atoms with van der Waals surface area (Å²) in [4.78, 5) is 12.6. The van der Waals surface area contributed by atoms with Gasteiger partial charge in [-0.3, -0.25) is 0 Å². The molecular weight excluding hydrogens is 535 g/mol. The van der Waals surface area contributed by atoms with Crippen LogP contribution >= 0.6 is 11.6 Å². The second-order valence-electron chi connectivity index (χ2n) is 8.82. The smallest absolute Gasteiger partial charge is 0.345 e. The first kappa shape index (κ1) is 26.6. The highest BCUT2D eigenvalue weighted by molar-refractivity contribution is 6.33. The molecule has 1 aliphatic rings. The first-order valence-corrected chi connectivity index (χ1v) is 12.5. The zero-order valence-electron chi connectivity index (χ0n) is 21.2. The number of allylic oxidation sites excluding steroid dienone is 1. The van der Waals surface area contributed by atoms with E-state index >= 15 is 0 Å². The number of fused-ring (bicyclic) bond motifs is 1. The quantitative estimate of drug-likeness (QED) is 0.204. The Morgan fingerprint density at radius 3 is 2.55 bits per heavy atom. The van der Waals surface area contributed by atoms with Gasteiger partial charge in [-0.15, -0.1) is 0 Å². The van der Waals surface area contributed by atoms with E-state index in [0.717, 1.165) is 5.56 Å². The van der Waals surface area contributed by atoms with Crippen molar-refractivity contribution in [3.8, 4) is 29.1 Å². The number of halogens is 2. The predicted molar refractivity (Wildman–Crippen MR) is 146 cm³/mol. The summed E-state index contributed by atoms with van der Waals surface area (Å²) in [7, 11) is 1.51. The molecule has 5 rings (SSSR count). The van der Waals surface area contributed by atoms with Crippen LogP contribution in [0.3, 0.4) is 0 Å². The van der Waals surface area contributed by atoms with Gasteiger partial charge in [0.25, 0.3) is 0 Å². The van der Waals surface area contributed by atoms with Gasteiger partial charge in [-0.1, -0.05) is 48.0 Å². The van der Waals surface area contributed by atoms with Crippen molar-refractivity contribution >= 4 is 17.6 Å². The molecule has 9 heteroatoms. The Kier molecular flexibility index (Phi) is 7.58. The fourth-order valence-electron chi connectivity index (χ4n) is 4.36. The summed E-state index contributed by atoms with van der Waals surface area (Å²) in [5.41, 5.74) is 8.72. The minimum absolute atomic E-state index is 0.0646. The van der Waals surface area contributed by atoms with E-state index < -0.39 is 11.9 Å². The van der Waals surface area contributed by atoms with Crippen LogP contribution in [0.2, 0.25) is 5.02 Å². The number of nitrogens with two attached hydrogens (primary N) is 1. The second kappa shape index (κ2) is 11.4. The van der Waals surface area contributed by atoms with E-state index in [-0.39, 0.29) is 40.2 Å². The van der Waals surface area contributed by atoms with E-state index in [1.54, 1.807) is 66.7 Å². The maximum Gasteiger partial charge on any atom is 0.345 e. The van der Waals surface area contributed by atoms with Gasteiger partial charge in [-0.25, -0.2) is 9.18 Å². The van der Waals surface area contributed by atoms with Gasteiger partial charge in [0.15, 0.2) is 11.5 Å². The molecule has 1 heterocycles. The lowest BCUT2D eigenvalue weighted by Gasteiger charge is -2.27. The molecule has 0 saturated heterocycles. The largest absolute Gasteiger partial charge is 0.493 e. The highest BCUT2D eigenvalue weighted by Gasteiger charge is 2.32. The molecule has 40 heavy (non-hydrogen) atoms. The lowest BCUT2D eigenvalue weighted by molar-refractivity contribution is 0.0734. The van der Waals surface area contributed by atoms with Gasteiger partial charge in [0, 0.05) is 11.6 Å². The number of hydrogen-bond acceptors (Lipinski definition) is 7. The van der Waals surface area contributed by atoms with Crippen LogP contribution in [-0.4, -0.2) is 13.1 Å². The van der Waals surface area contributed by atoms with Crippen molar-refractivity contribution in [1.29, 1.82) is 5.26 Å². The Morgan fingerprint density at radius 1 is 1.05 bits per heavy atom. The maximum absolute atomic E-state index is 13.2. The molecule has 4 aromatic carbocycles. The van der Waals surface area contributed by atoms with Crippen LogP contribution in [0.15, 0.2) is 96.4 Å². The zero-order chi connectivity index (χ0) is 28.2. The van der Waals surface area contributed by atoms with Crippen LogP contribution in [0.1, 0.15) is 33.0 Å². The summed E-state index contributed by atoms with van der Waals surface area (Å²) < 4.78 is 36.0. The third kappa shape index (κ3) is 5.41. The highest BCUT2D eigenvalue weighted by atomic mass is 35.5. The molecule has 1 unspecified atom stereocenters. The number of esters is 1. The molecule has 0 radical (unpaired) electrons. The molecule has 0 spiro atoms. The fraction of sp³-hybridized carbons (Fsp3) is 0.0968. The fourth-order valence-corrected chi connectivity index (χ4v) is 4.57. The Balaban J connectivity index is 1.44. The molecule has 0 aliphatic carbocycles. The van der Waals surface area contributed by atoms with E-state index in [1.807, 2.05) is 0 Å². The van der Waals surface area contributed by atoms with Gasteiger partial charge < -0.3 is 24.7 Å². The molecule has 2 N–H and O–H groups in total. The van der Waals surface area contributed by atoms with Crippen molar-refractivity contribution in [2.24, 2.45) is 5.73 Å². The molecule has 4 aromatic rings.